The molecule has 1 amide bonds. The Balaban J connectivity index is 1.30. The van der Waals surface area contributed by atoms with Crippen LogP contribution in [-0.4, -0.2) is 37.2 Å². The summed E-state index contributed by atoms with van der Waals surface area (Å²) in [6, 6.07) is 4.09. The molecule has 3 aliphatic rings. The summed E-state index contributed by atoms with van der Waals surface area (Å²) in [6.45, 7) is 3.86. The molecule has 2 heterocycles. The minimum Gasteiger partial charge on any atom is -0.378 e. The maximum atomic E-state index is 12.3. The van der Waals surface area contributed by atoms with Crippen molar-refractivity contribution in [3.05, 3.63) is 36.0 Å². The number of aromatic nitrogens is 1. The van der Waals surface area contributed by atoms with Crippen LogP contribution in [0.15, 0.2) is 30.5 Å². The van der Waals surface area contributed by atoms with Crippen LogP contribution in [0, 0.1) is 17.8 Å². The maximum Gasteiger partial charge on any atom is 0.223 e. The average molecular weight is 313 g/mol. The van der Waals surface area contributed by atoms with Crippen molar-refractivity contribution in [2.75, 3.05) is 31.2 Å². The topological polar surface area (TPSA) is 54.5 Å². The highest BCUT2D eigenvalue weighted by Gasteiger charge is 2.39. The third-order valence-electron chi connectivity index (χ3n) is 5.23. The SMILES string of the molecule is O=C(NCc1ccc(N2CCOCC2)nc1)C1CC2C=CC1C2. The van der Waals surface area contributed by atoms with Gasteiger partial charge in [0.1, 0.15) is 5.82 Å². The van der Waals surface area contributed by atoms with E-state index in [4.69, 9.17) is 4.74 Å². The molecule has 3 unspecified atom stereocenters. The van der Waals surface area contributed by atoms with Crippen molar-refractivity contribution in [2.24, 2.45) is 17.8 Å². The fourth-order valence-electron chi connectivity index (χ4n) is 3.90. The van der Waals surface area contributed by atoms with Crippen molar-refractivity contribution in [3.63, 3.8) is 0 Å². The summed E-state index contributed by atoms with van der Waals surface area (Å²) in [4.78, 5) is 19.1. The van der Waals surface area contributed by atoms with E-state index in [1.807, 2.05) is 12.3 Å². The Bertz CT molecular complexity index is 593. The molecule has 2 bridgehead atoms. The summed E-state index contributed by atoms with van der Waals surface area (Å²) < 4.78 is 5.36. The minimum atomic E-state index is 0.172. The summed E-state index contributed by atoms with van der Waals surface area (Å²) in [6.07, 6.45) is 8.53. The summed E-state index contributed by atoms with van der Waals surface area (Å²) in [5.41, 5.74) is 1.05. The van der Waals surface area contributed by atoms with E-state index in [1.54, 1.807) is 0 Å². The predicted molar refractivity (Wildman–Crippen MR) is 88.0 cm³/mol. The van der Waals surface area contributed by atoms with Crippen LogP contribution in [0.25, 0.3) is 0 Å². The number of hydrogen-bond donors (Lipinski definition) is 1. The van der Waals surface area contributed by atoms with Crippen LogP contribution in [-0.2, 0) is 16.1 Å². The molecule has 1 aliphatic heterocycles. The van der Waals surface area contributed by atoms with Gasteiger partial charge in [-0.05, 0) is 36.3 Å². The number of amides is 1. The fourth-order valence-corrected chi connectivity index (χ4v) is 3.90. The lowest BCUT2D eigenvalue weighted by molar-refractivity contribution is -0.125. The number of pyridine rings is 1. The highest BCUT2D eigenvalue weighted by atomic mass is 16.5. The lowest BCUT2D eigenvalue weighted by Crippen LogP contribution is -2.36. The van der Waals surface area contributed by atoms with Gasteiger partial charge in [0.15, 0.2) is 0 Å². The number of nitrogens with one attached hydrogen (secondary N) is 1. The second-order valence-electron chi connectivity index (χ2n) is 6.73. The molecule has 5 nitrogen and oxygen atoms in total. The van der Waals surface area contributed by atoms with Gasteiger partial charge in [0.25, 0.3) is 0 Å². The van der Waals surface area contributed by atoms with E-state index in [9.17, 15) is 4.79 Å². The van der Waals surface area contributed by atoms with E-state index in [1.165, 1.54) is 0 Å². The van der Waals surface area contributed by atoms with Crippen LogP contribution in [0.4, 0.5) is 5.82 Å². The van der Waals surface area contributed by atoms with E-state index in [2.05, 4.69) is 33.4 Å². The number of nitrogens with zero attached hydrogens (tertiary/aromatic N) is 2. The Hall–Kier alpha value is -1.88. The number of fused-ring (bicyclic) bond motifs is 2. The van der Waals surface area contributed by atoms with Gasteiger partial charge in [-0.3, -0.25) is 4.79 Å². The number of hydrogen-bond acceptors (Lipinski definition) is 4. The molecule has 3 atom stereocenters. The molecule has 1 N–H and O–H groups in total. The van der Waals surface area contributed by atoms with Gasteiger partial charge in [-0.2, -0.15) is 0 Å². The third-order valence-corrected chi connectivity index (χ3v) is 5.23. The Morgan fingerprint density at radius 1 is 1.26 bits per heavy atom. The monoisotopic (exact) mass is 313 g/mol. The summed E-state index contributed by atoms with van der Waals surface area (Å²) in [7, 11) is 0. The summed E-state index contributed by atoms with van der Waals surface area (Å²) in [5, 5.41) is 3.08. The van der Waals surface area contributed by atoms with E-state index >= 15 is 0 Å². The number of carbonyl (C=O) groups excluding carboxylic acids is 1. The normalized spacial score (nSPS) is 29.0. The van der Waals surface area contributed by atoms with Crippen LogP contribution in [0.1, 0.15) is 18.4 Å². The lowest BCUT2D eigenvalue weighted by atomic mass is 9.93. The zero-order chi connectivity index (χ0) is 15.6. The first-order chi connectivity index (χ1) is 11.3. The van der Waals surface area contributed by atoms with Crippen molar-refractivity contribution in [1.82, 2.24) is 10.3 Å². The molecule has 0 radical (unpaired) electrons. The molecule has 1 aromatic rings. The molecule has 0 aromatic carbocycles. The molecule has 2 fully saturated rings. The zero-order valence-corrected chi connectivity index (χ0v) is 13.3. The Kier molecular flexibility index (Phi) is 4.04. The highest BCUT2D eigenvalue weighted by Crippen LogP contribution is 2.43. The molecule has 4 rings (SSSR count). The number of ether oxygens (including phenoxy) is 1. The molecular formula is C18H23N3O2. The van der Waals surface area contributed by atoms with Crippen molar-refractivity contribution < 1.29 is 9.53 Å². The molecular weight excluding hydrogens is 290 g/mol. The Morgan fingerprint density at radius 2 is 2.13 bits per heavy atom. The number of anilines is 1. The molecule has 23 heavy (non-hydrogen) atoms. The van der Waals surface area contributed by atoms with Crippen LogP contribution in [0.3, 0.4) is 0 Å². The van der Waals surface area contributed by atoms with Crippen molar-refractivity contribution in [1.29, 1.82) is 0 Å². The predicted octanol–water partition coefficient (Wildman–Crippen LogP) is 1.75. The largest absolute Gasteiger partial charge is 0.378 e. The van der Waals surface area contributed by atoms with E-state index in [0.717, 1.165) is 50.5 Å². The van der Waals surface area contributed by atoms with E-state index in [0.29, 0.717) is 18.4 Å². The number of allylic oxidation sites excluding steroid dienone is 2. The maximum absolute atomic E-state index is 12.3. The van der Waals surface area contributed by atoms with Gasteiger partial charge in [-0.15, -0.1) is 0 Å². The number of rotatable bonds is 4. The first-order valence-corrected chi connectivity index (χ1v) is 8.53. The second kappa shape index (κ2) is 6.32. The molecule has 1 saturated carbocycles. The van der Waals surface area contributed by atoms with Crippen molar-refractivity contribution in [3.8, 4) is 0 Å². The van der Waals surface area contributed by atoms with Crippen LogP contribution in [0.5, 0.6) is 0 Å². The molecule has 5 heteroatoms. The highest BCUT2D eigenvalue weighted by molar-refractivity contribution is 5.80. The lowest BCUT2D eigenvalue weighted by Gasteiger charge is -2.27. The molecule has 1 aromatic heterocycles. The quantitative estimate of drug-likeness (QED) is 0.861. The zero-order valence-electron chi connectivity index (χ0n) is 13.3. The molecule has 1 saturated heterocycles. The molecule has 0 spiro atoms. The summed E-state index contributed by atoms with van der Waals surface area (Å²) >= 11 is 0. The Labute approximate surface area is 136 Å². The Morgan fingerprint density at radius 3 is 2.78 bits per heavy atom. The minimum absolute atomic E-state index is 0.172. The van der Waals surface area contributed by atoms with Gasteiger partial charge in [-0.1, -0.05) is 18.2 Å². The standard InChI is InChI=1S/C18H23N3O2/c22-18(16-10-13-1-3-15(16)9-13)20-12-14-2-4-17(19-11-14)21-5-7-23-8-6-21/h1-4,11,13,15-16H,5-10,12H2,(H,20,22). The van der Waals surface area contributed by atoms with Crippen molar-refractivity contribution >= 4 is 11.7 Å². The van der Waals surface area contributed by atoms with Gasteiger partial charge >= 0.3 is 0 Å². The fraction of sp³-hybridized carbons (Fsp3) is 0.556. The van der Waals surface area contributed by atoms with Gasteiger partial charge in [0.05, 0.1) is 13.2 Å². The summed E-state index contributed by atoms with van der Waals surface area (Å²) in [5.74, 6) is 2.44. The molecule has 2 aliphatic carbocycles. The van der Waals surface area contributed by atoms with Gasteiger partial charge in [0.2, 0.25) is 5.91 Å². The van der Waals surface area contributed by atoms with Gasteiger partial charge < -0.3 is 15.0 Å². The van der Waals surface area contributed by atoms with Crippen LogP contribution >= 0.6 is 0 Å². The van der Waals surface area contributed by atoms with Crippen LogP contribution < -0.4 is 10.2 Å². The number of carbonyl (C=O) groups is 1. The molecule has 122 valence electrons. The average Bonchev–Trinajstić information content (AvgIpc) is 3.24. The van der Waals surface area contributed by atoms with E-state index < -0.39 is 0 Å². The number of morpholine rings is 1. The van der Waals surface area contributed by atoms with Crippen LogP contribution in [0.2, 0.25) is 0 Å². The van der Waals surface area contributed by atoms with E-state index in [-0.39, 0.29) is 11.8 Å². The van der Waals surface area contributed by atoms with Gasteiger partial charge in [-0.25, -0.2) is 4.98 Å². The third kappa shape index (κ3) is 3.11. The van der Waals surface area contributed by atoms with Gasteiger partial charge in [0, 0.05) is 31.7 Å². The second-order valence-corrected chi connectivity index (χ2v) is 6.73. The smallest absolute Gasteiger partial charge is 0.223 e. The first-order valence-electron chi connectivity index (χ1n) is 8.53. The van der Waals surface area contributed by atoms with Crippen molar-refractivity contribution in [2.45, 2.75) is 19.4 Å². The first kappa shape index (κ1) is 14.7.